The number of ether oxygens (including phenoxy) is 2. The van der Waals surface area contributed by atoms with E-state index in [1.807, 2.05) is 13.8 Å². The van der Waals surface area contributed by atoms with Crippen molar-refractivity contribution in [2.75, 3.05) is 19.8 Å². The number of nitrogens with zero attached hydrogens (tertiary/aromatic N) is 1. The summed E-state index contributed by atoms with van der Waals surface area (Å²) in [7, 11) is 0. The maximum Gasteiger partial charge on any atom is 0.261 e. The lowest BCUT2D eigenvalue weighted by Gasteiger charge is -2.21. The minimum absolute atomic E-state index is 0.0169. The van der Waals surface area contributed by atoms with Gasteiger partial charge in [-0.1, -0.05) is 13.8 Å². The molecule has 1 N–H and O–H groups in total. The number of benzene rings is 1. The lowest BCUT2D eigenvalue weighted by molar-refractivity contribution is 0.1000. The van der Waals surface area contributed by atoms with Gasteiger partial charge in [-0.15, -0.1) is 0 Å². The van der Waals surface area contributed by atoms with E-state index in [4.69, 9.17) is 9.47 Å². The zero-order valence-electron chi connectivity index (χ0n) is 14.5. The van der Waals surface area contributed by atoms with Gasteiger partial charge in [0, 0.05) is 30.6 Å². The van der Waals surface area contributed by atoms with Gasteiger partial charge in [0.25, 0.3) is 5.56 Å². The summed E-state index contributed by atoms with van der Waals surface area (Å²) in [5.74, 6) is 1.29. The second-order valence-electron chi connectivity index (χ2n) is 6.64. The number of hydrogen-bond acceptors (Lipinski definition) is 5. The van der Waals surface area contributed by atoms with E-state index in [0.29, 0.717) is 40.6 Å². The topological polar surface area (TPSA) is 64.2 Å². The molecule has 1 fully saturated rings. The molecule has 5 nitrogen and oxygen atoms in total. The molecule has 0 bridgehead atoms. The first-order valence-electron chi connectivity index (χ1n) is 8.57. The highest BCUT2D eigenvalue weighted by Crippen LogP contribution is 2.26. The Bertz CT molecular complexity index is 788. The Morgan fingerprint density at radius 1 is 1.40 bits per heavy atom. The molecule has 1 saturated heterocycles. The van der Waals surface area contributed by atoms with Crippen molar-refractivity contribution < 1.29 is 13.9 Å². The second-order valence-corrected chi connectivity index (χ2v) is 7.93. The Balaban J connectivity index is 1.81. The third kappa shape index (κ3) is 4.73. The molecule has 1 aliphatic heterocycles. The van der Waals surface area contributed by atoms with Gasteiger partial charge in [0.15, 0.2) is 0 Å². The Morgan fingerprint density at radius 2 is 2.16 bits per heavy atom. The first kappa shape index (κ1) is 18.2. The van der Waals surface area contributed by atoms with Crippen LogP contribution in [0.1, 0.15) is 32.5 Å². The zero-order valence-corrected chi connectivity index (χ0v) is 15.3. The number of rotatable bonds is 6. The van der Waals surface area contributed by atoms with Crippen LogP contribution in [0.2, 0.25) is 0 Å². The number of nitrogens with one attached hydrogen (secondary N) is 1. The highest BCUT2D eigenvalue weighted by Gasteiger charge is 2.16. The molecule has 2 heterocycles. The Kier molecular flexibility index (Phi) is 5.96. The van der Waals surface area contributed by atoms with Crippen molar-refractivity contribution in [1.29, 1.82) is 0 Å². The van der Waals surface area contributed by atoms with E-state index >= 15 is 0 Å². The van der Waals surface area contributed by atoms with Gasteiger partial charge in [0.05, 0.1) is 17.9 Å². The van der Waals surface area contributed by atoms with Gasteiger partial charge in [-0.05, 0) is 18.8 Å². The van der Waals surface area contributed by atoms with Crippen molar-refractivity contribution in [3.63, 3.8) is 0 Å². The van der Waals surface area contributed by atoms with Crippen LogP contribution in [0.5, 0.6) is 5.75 Å². The highest BCUT2D eigenvalue weighted by molar-refractivity contribution is 7.99. The summed E-state index contributed by atoms with van der Waals surface area (Å²) in [4.78, 5) is 19.4. The number of thioether (sulfide) groups is 1. The van der Waals surface area contributed by atoms with Crippen LogP contribution in [-0.2, 0) is 10.5 Å². The van der Waals surface area contributed by atoms with Gasteiger partial charge in [-0.3, -0.25) is 4.79 Å². The normalized spacial score (nSPS) is 15.8. The number of fused-ring (bicyclic) bond motifs is 1. The summed E-state index contributed by atoms with van der Waals surface area (Å²) >= 11 is 1.75. The molecule has 1 aliphatic rings. The summed E-state index contributed by atoms with van der Waals surface area (Å²) in [6.07, 6.45) is 2.01. The number of halogens is 1. The van der Waals surface area contributed by atoms with Crippen molar-refractivity contribution >= 4 is 22.7 Å². The Morgan fingerprint density at radius 3 is 2.88 bits per heavy atom. The predicted molar refractivity (Wildman–Crippen MR) is 97.8 cm³/mol. The van der Waals surface area contributed by atoms with E-state index in [0.717, 1.165) is 26.1 Å². The van der Waals surface area contributed by atoms with Gasteiger partial charge in [0.2, 0.25) is 0 Å². The van der Waals surface area contributed by atoms with Gasteiger partial charge in [-0.25, -0.2) is 9.37 Å². The highest BCUT2D eigenvalue weighted by atomic mass is 32.2. The SMILES string of the molecule is CC(C)COc1cc(F)c2c(=O)[nH]c(CSC3CCOCC3)nc2c1. The van der Waals surface area contributed by atoms with Crippen LogP contribution in [0.15, 0.2) is 16.9 Å². The van der Waals surface area contributed by atoms with E-state index in [1.165, 1.54) is 6.07 Å². The van der Waals surface area contributed by atoms with Crippen molar-refractivity contribution in [2.24, 2.45) is 5.92 Å². The zero-order chi connectivity index (χ0) is 17.8. The molecule has 0 aliphatic carbocycles. The van der Waals surface area contributed by atoms with Gasteiger partial charge >= 0.3 is 0 Å². The lowest BCUT2D eigenvalue weighted by Crippen LogP contribution is -2.18. The lowest BCUT2D eigenvalue weighted by atomic mass is 10.2. The quantitative estimate of drug-likeness (QED) is 0.848. The minimum Gasteiger partial charge on any atom is -0.493 e. The van der Waals surface area contributed by atoms with Crippen LogP contribution >= 0.6 is 11.8 Å². The molecular formula is C18H23FN2O3S. The fourth-order valence-electron chi connectivity index (χ4n) is 2.70. The second kappa shape index (κ2) is 8.19. The van der Waals surface area contributed by atoms with Crippen LogP contribution in [0.25, 0.3) is 10.9 Å². The largest absolute Gasteiger partial charge is 0.493 e. The number of aromatic nitrogens is 2. The van der Waals surface area contributed by atoms with Crippen LogP contribution in [-0.4, -0.2) is 35.0 Å². The number of hydrogen-bond donors (Lipinski definition) is 1. The van der Waals surface area contributed by atoms with Gasteiger partial charge in [0.1, 0.15) is 22.8 Å². The summed E-state index contributed by atoms with van der Waals surface area (Å²) in [6.45, 7) is 6.08. The molecule has 0 unspecified atom stereocenters. The molecule has 0 atom stereocenters. The Labute approximate surface area is 150 Å². The fraction of sp³-hybridized carbons (Fsp3) is 0.556. The van der Waals surface area contributed by atoms with E-state index in [-0.39, 0.29) is 5.39 Å². The molecule has 2 aromatic rings. The molecule has 0 radical (unpaired) electrons. The summed E-state index contributed by atoms with van der Waals surface area (Å²) in [5.41, 5.74) is -0.106. The fourth-order valence-corrected chi connectivity index (χ4v) is 3.76. The average molecular weight is 366 g/mol. The molecule has 0 spiro atoms. The van der Waals surface area contributed by atoms with E-state index in [1.54, 1.807) is 17.8 Å². The molecule has 1 aromatic carbocycles. The molecule has 136 valence electrons. The van der Waals surface area contributed by atoms with Crippen molar-refractivity contribution in [1.82, 2.24) is 9.97 Å². The molecular weight excluding hydrogens is 343 g/mol. The maximum absolute atomic E-state index is 14.3. The molecule has 0 saturated carbocycles. The Hall–Kier alpha value is -1.60. The summed E-state index contributed by atoms with van der Waals surface area (Å²) < 4.78 is 25.2. The van der Waals surface area contributed by atoms with Crippen LogP contribution < -0.4 is 10.3 Å². The first-order valence-corrected chi connectivity index (χ1v) is 9.62. The standard InChI is InChI=1S/C18H23FN2O3S/c1-11(2)9-24-12-7-14(19)17-15(8-12)20-16(21-18(17)22)10-25-13-3-5-23-6-4-13/h7-8,11,13H,3-6,9-10H2,1-2H3,(H,20,21,22). The van der Waals surface area contributed by atoms with Crippen LogP contribution in [0.4, 0.5) is 4.39 Å². The maximum atomic E-state index is 14.3. The van der Waals surface area contributed by atoms with E-state index in [2.05, 4.69) is 9.97 Å². The van der Waals surface area contributed by atoms with Crippen molar-refractivity contribution in [3.8, 4) is 5.75 Å². The van der Waals surface area contributed by atoms with Gasteiger partial charge < -0.3 is 14.5 Å². The number of H-pyrrole nitrogens is 1. The van der Waals surface area contributed by atoms with Crippen molar-refractivity contribution in [3.05, 3.63) is 34.1 Å². The first-order chi connectivity index (χ1) is 12.0. The van der Waals surface area contributed by atoms with Crippen molar-refractivity contribution in [2.45, 2.75) is 37.7 Å². The smallest absolute Gasteiger partial charge is 0.261 e. The van der Waals surface area contributed by atoms with E-state index < -0.39 is 11.4 Å². The van der Waals surface area contributed by atoms with Gasteiger partial charge in [-0.2, -0.15) is 11.8 Å². The summed E-state index contributed by atoms with van der Waals surface area (Å²) in [5, 5.41) is 0.490. The monoisotopic (exact) mass is 366 g/mol. The molecule has 7 heteroatoms. The number of aromatic amines is 1. The summed E-state index contributed by atoms with van der Waals surface area (Å²) in [6, 6.07) is 2.89. The minimum atomic E-state index is -0.603. The third-order valence-electron chi connectivity index (χ3n) is 3.99. The van der Waals surface area contributed by atoms with Crippen LogP contribution in [0.3, 0.4) is 0 Å². The van der Waals surface area contributed by atoms with E-state index in [9.17, 15) is 9.18 Å². The molecule has 0 amide bonds. The molecule has 1 aromatic heterocycles. The molecule has 25 heavy (non-hydrogen) atoms. The molecule has 3 rings (SSSR count). The average Bonchev–Trinajstić information content (AvgIpc) is 2.58. The third-order valence-corrected chi connectivity index (χ3v) is 5.37. The van der Waals surface area contributed by atoms with Crippen LogP contribution in [0, 0.1) is 11.7 Å². The predicted octanol–water partition coefficient (Wildman–Crippen LogP) is 3.51.